The van der Waals surface area contributed by atoms with Gasteiger partial charge in [0.15, 0.2) is 0 Å². The Balaban J connectivity index is 1.94. The molecule has 88 valence electrons. The van der Waals surface area contributed by atoms with Crippen LogP contribution in [0.3, 0.4) is 0 Å². The van der Waals surface area contributed by atoms with Gasteiger partial charge in [0.2, 0.25) is 0 Å². The Bertz CT molecular complexity index is 545. The van der Waals surface area contributed by atoms with E-state index >= 15 is 0 Å². The average molecular weight is 293 g/mol. The van der Waals surface area contributed by atoms with Crippen molar-refractivity contribution in [2.24, 2.45) is 0 Å². The number of fused-ring (bicyclic) bond motifs is 1. The van der Waals surface area contributed by atoms with Crippen LogP contribution in [-0.2, 0) is 6.42 Å². The quantitative estimate of drug-likeness (QED) is 0.781. The molecule has 0 amide bonds. The Hall–Kier alpha value is -1.22. The van der Waals surface area contributed by atoms with Gasteiger partial charge in [0.25, 0.3) is 0 Å². The van der Waals surface area contributed by atoms with Gasteiger partial charge in [-0.2, -0.15) is 0 Å². The van der Waals surface area contributed by atoms with Crippen LogP contribution in [0.4, 0.5) is 0 Å². The van der Waals surface area contributed by atoms with Gasteiger partial charge in [0, 0.05) is 12.0 Å². The maximum Gasteiger partial charge on any atom is 0.122 e. The topological polar surface area (TPSA) is 22.4 Å². The number of hydrogen-bond acceptors (Lipinski definition) is 2. The number of hydrogen-bond donors (Lipinski definition) is 0. The van der Waals surface area contributed by atoms with Crippen molar-refractivity contribution in [2.45, 2.75) is 18.2 Å². The fourth-order valence-corrected chi connectivity index (χ4v) is 2.68. The van der Waals surface area contributed by atoms with Crippen LogP contribution in [0, 0.1) is 6.92 Å². The molecule has 2 aromatic rings. The second kappa shape index (κ2) is 4.22. The summed E-state index contributed by atoms with van der Waals surface area (Å²) >= 11 is 3.71. The molecular formula is C14H13BrO2. The van der Waals surface area contributed by atoms with E-state index in [2.05, 4.69) is 40.2 Å². The van der Waals surface area contributed by atoms with E-state index in [9.17, 15) is 0 Å². The van der Waals surface area contributed by atoms with Crippen molar-refractivity contribution < 1.29 is 9.15 Å². The highest BCUT2D eigenvalue weighted by Gasteiger charge is 2.17. The van der Waals surface area contributed by atoms with E-state index in [1.54, 1.807) is 6.26 Å². The van der Waals surface area contributed by atoms with Crippen LogP contribution in [0.1, 0.15) is 27.3 Å². The minimum atomic E-state index is 0.186. The normalized spacial score (nSPS) is 15.4. The summed E-state index contributed by atoms with van der Waals surface area (Å²) in [6.07, 6.45) is 2.81. The largest absolute Gasteiger partial charge is 0.493 e. The summed E-state index contributed by atoms with van der Waals surface area (Å²) in [5.41, 5.74) is 3.70. The van der Waals surface area contributed by atoms with Crippen LogP contribution in [0.2, 0.25) is 0 Å². The maximum atomic E-state index is 5.51. The third-order valence-electron chi connectivity index (χ3n) is 3.05. The molecule has 2 nitrogen and oxygen atoms in total. The molecule has 1 aliphatic heterocycles. The number of halogens is 1. The fraction of sp³-hybridized carbons (Fsp3) is 0.286. The van der Waals surface area contributed by atoms with Gasteiger partial charge < -0.3 is 9.15 Å². The molecule has 1 atom stereocenters. The van der Waals surface area contributed by atoms with Crippen LogP contribution in [0.15, 0.2) is 34.9 Å². The van der Waals surface area contributed by atoms with Gasteiger partial charge in [-0.25, -0.2) is 0 Å². The summed E-state index contributed by atoms with van der Waals surface area (Å²) in [7, 11) is 0. The summed E-state index contributed by atoms with van der Waals surface area (Å²) in [6.45, 7) is 2.76. The number of alkyl halides is 1. The molecule has 1 unspecified atom stereocenters. The molecule has 0 saturated carbocycles. The molecule has 0 N–H and O–H groups in total. The van der Waals surface area contributed by atoms with Gasteiger partial charge in [-0.3, -0.25) is 0 Å². The molecule has 3 heteroatoms. The van der Waals surface area contributed by atoms with E-state index in [-0.39, 0.29) is 4.83 Å². The summed E-state index contributed by atoms with van der Waals surface area (Å²) in [6, 6.07) is 8.43. The number of ether oxygens (including phenoxy) is 1. The van der Waals surface area contributed by atoms with Gasteiger partial charge in [-0.05, 0) is 30.2 Å². The molecule has 1 aromatic carbocycles. The zero-order valence-corrected chi connectivity index (χ0v) is 11.2. The second-order valence-corrected chi connectivity index (χ2v) is 5.23. The third-order valence-corrected chi connectivity index (χ3v) is 4.11. The lowest BCUT2D eigenvalue weighted by Crippen LogP contribution is -1.91. The van der Waals surface area contributed by atoms with Crippen molar-refractivity contribution in [3.8, 4) is 5.75 Å². The highest BCUT2D eigenvalue weighted by molar-refractivity contribution is 9.09. The van der Waals surface area contributed by atoms with E-state index in [0.717, 1.165) is 30.1 Å². The van der Waals surface area contributed by atoms with E-state index in [1.807, 2.05) is 6.92 Å². The molecule has 0 saturated heterocycles. The van der Waals surface area contributed by atoms with Crippen molar-refractivity contribution >= 4 is 15.9 Å². The monoisotopic (exact) mass is 292 g/mol. The van der Waals surface area contributed by atoms with Crippen LogP contribution in [0.25, 0.3) is 0 Å². The Morgan fingerprint density at radius 3 is 2.88 bits per heavy atom. The first-order valence-corrected chi connectivity index (χ1v) is 6.60. The van der Waals surface area contributed by atoms with Gasteiger partial charge in [0.1, 0.15) is 11.5 Å². The molecule has 17 heavy (non-hydrogen) atoms. The molecule has 2 heterocycles. The number of benzene rings is 1. The Morgan fingerprint density at radius 2 is 2.12 bits per heavy atom. The molecule has 0 bridgehead atoms. The van der Waals surface area contributed by atoms with Gasteiger partial charge in [-0.1, -0.05) is 28.1 Å². The lowest BCUT2D eigenvalue weighted by Gasteiger charge is -2.09. The van der Waals surface area contributed by atoms with Crippen LogP contribution < -0.4 is 4.74 Å². The molecule has 0 aliphatic carbocycles. The first-order chi connectivity index (χ1) is 8.24. The zero-order valence-electron chi connectivity index (χ0n) is 9.57. The van der Waals surface area contributed by atoms with Crippen molar-refractivity contribution in [3.05, 3.63) is 53.0 Å². The Morgan fingerprint density at radius 1 is 1.24 bits per heavy atom. The van der Waals surface area contributed by atoms with E-state index in [1.165, 1.54) is 11.1 Å². The second-order valence-electron chi connectivity index (χ2n) is 4.32. The van der Waals surface area contributed by atoms with Crippen LogP contribution in [0.5, 0.6) is 5.75 Å². The predicted octanol–water partition coefficient (Wildman–Crippen LogP) is 4.01. The molecule has 0 fully saturated rings. The fourth-order valence-electron chi connectivity index (χ4n) is 2.15. The lowest BCUT2D eigenvalue weighted by molar-refractivity contribution is 0.357. The Labute approximate surface area is 109 Å². The van der Waals surface area contributed by atoms with Gasteiger partial charge in [-0.15, -0.1) is 0 Å². The minimum Gasteiger partial charge on any atom is -0.493 e. The first kappa shape index (κ1) is 10.9. The van der Waals surface area contributed by atoms with Gasteiger partial charge in [0.05, 0.1) is 17.7 Å². The average Bonchev–Trinajstić information content (AvgIpc) is 2.95. The zero-order chi connectivity index (χ0) is 11.8. The van der Waals surface area contributed by atoms with Gasteiger partial charge >= 0.3 is 0 Å². The molecule has 1 aromatic heterocycles. The number of aryl methyl sites for hydroxylation is 1. The molecule has 0 spiro atoms. The summed E-state index contributed by atoms with van der Waals surface area (Å²) in [5.74, 6) is 1.96. The third kappa shape index (κ3) is 2.00. The van der Waals surface area contributed by atoms with Crippen molar-refractivity contribution in [1.29, 1.82) is 0 Å². The predicted molar refractivity (Wildman–Crippen MR) is 69.9 cm³/mol. The van der Waals surface area contributed by atoms with Crippen LogP contribution in [-0.4, -0.2) is 6.61 Å². The van der Waals surface area contributed by atoms with Crippen molar-refractivity contribution in [1.82, 2.24) is 0 Å². The highest BCUT2D eigenvalue weighted by atomic mass is 79.9. The molecule has 3 rings (SSSR count). The molecular weight excluding hydrogens is 280 g/mol. The maximum absolute atomic E-state index is 5.51. The van der Waals surface area contributed by atoms with Crippen LogP contribution >= 0.6 is 15.9 Å². The highest BCUT2D eigenvalue weighted by Crippen LogP contribution is 2.35. The van der Waals surface area contributed by atoms with Crippen molar-refractivity contribution in [2.75, 3.05) is 6.61 Å². The van der Waals surface area contributed by atoms with E-state index in [0.29, 0.717) is 0 Å². The SMILES string of the molecule is Cc1cc(C(Br)c2ccc3c(c2)CCO3)co1. The summed E-state index contributed by atoms with van der Waals surface area (Å²) in [5, 5.41) is 0. The number of rotatable bonds is 2. The standard InChI is InChI=1S/C14H13BrO2/c1-9-6-12(8-17-9)14(15)11-2-3-13-10(7-11)4-5-16-13/h2-3,6-8,14H,4-5H2,1H3. The Kier molecular flexibility index (Phi) is 2.71. The summed E-state index contributed by atoms with van der Waals surface area (Å²) in [4.78, 5) is 0.186. The lowest BCUT2D eigenvalue weighted by atomic mass is 10.0. The molecule has 0 radical (unpaired) electrons. The first-order valence-electron chi connectivity index (χ1n) is 5.69. The van der Waals surface area contributed by atoms with E-state index < -0.39 is 0 Å². The smallest absolute Gasteiger partial charge is 0.122 e. The minimum absolute atomic E-state index is 0.186. The summed E-state index contributed by atoms with van der Waals surface area (Å²) < 4.78 is 10.9. The van der Waals surface area contributed by atoms with E-state index in [4.69, 9.17) is 9.15 Å². The number of furan rings is 1. The molecule has 1 aliphatic rings. The van der Waals surface area contributed by atoms with Crippen molar-refractivity contribution in [3.63, 3.8) is 0 Å².